The second kappa shape index (κ2) is 6.71. The summed E-state index contributed by atoms with van der Waals surface area (Å²) in [6.45, 7) is 7.60. The summed E-state index contributed by atoms with van der Waals surface area (Å²) < 4.78 is 13.9. The molecule has 1 N–H and O–H groups in total. The minimum Gasteiger partial charge on any atom is -0.370 e. The van der Waals surface area contributed by atoms with E-state index in [0.717, 1.165) is 31.7 Å². The first-order chi connectivity index (χ1) is 9.06. The standard InChI is InChI=1S/C15H22BrFN2/c1-11(2)8-12-10-19(7-3-6-18-12)13-4-5-15(17)14(16)9-13/h4-5,9,11-12,18H,3,6-8,10H2,1-2H3. The van der Waals surface area contributed by atoms with Crippen LogP contribution in [0.25, 0.3) is 0 Å². The van der Waals surface area contributed by atoms with Crippen molar-refractivity contribution in [3.05, 3.63) is 28.5 Å². The van der Waals surface area contributed by atoms with Crippen LogP contribution in [-0.2, 0) is 0 Å². The number of anilines is 1. The molecule has 1 aliphatic rings. The van der Waals surface area contributed by atoms with Crippen molar-refractivity contribution in [2.45, 2.75) is 32.7 Å². The monoisotopic (exact) mass is 328 g/mol. The lowest BCUT2D eigenvalue weighted by molar-refractivity contribution is 0.436. The molecule has 0 saturated carbocycles. The normalized spacial score (nSPS) is 20.7. The van der Waals surface area contributed by atoms with Crippen LogP contribution in [0.15, 0.2) is 22.7 Å². The molecule has 2 nitrogen and oxygen atoms in total. The molecule has 1 unspecified atom stereocenters. The lowest BCUT2D eigenvalue weighted by Crippen LogP contribution is -2.38. The zero-order valence-corrected chi connectivity index (χ0v) is 13.2. The van der Waals surface area contributed by atoms with E-state index in [4.69, 9.17) is 0 Å². The van der Waals surface area contributed by atoms with Gasteiger partial charge in [-0.1, -0.05) is 13.8 Å². The zero-order chi connectivity index (χ0) is 13.8. The van der Waals surface area contributed by atoms with Crippen LogP contribution in [0.2, 0.25) is 0 Å². The van der Waals surface area contributed by atoms with Crippen LogP contribution >= 0.6 is 15.9 Å². The van der Waals surface area contributed by atoms with E-state index in [1.54, 1.807) is 0 Å². The fourth-order valence-electron chi connectivity index (χ4n) is 2.64. The Hall–Kier alpha value is -0.610. The summed E-state index contributed by atoms with van der Waals surface area (Å²) in [7, 11) is 0. The van der Waals surface area contributed by atoms with Crippen LogP contribution < -0.4 is 10.2 Å². The Morgan fingerprint density at radius 2 is 2.26 bits per heavy atom. The minimum absolute atomic E-state index is 0.199. The predicted molar refractivity (Wildman–Crippen MR) is 82.2 cm³/mol. The fraction of sp³-hybridized carbons (Fsp3) is 0.600. The van der Waals surface area contributed by atoms with Gasteiger partial charge in [-0.25, -0.2) is 4.39 Å². The van der Waals surface area contributed by atoms with Crippen LogP contribution in [0, 0.1) is 11.7 Å². The fourth-order valence-corrected chi connectivity index (χ4v) is 3.01. The van der Waals surface area contributed by atoms with Crippen LogP contribution in [0.1, 0.15) is 26.7 Å². The van der Waals surface area contributed by atoms with Crippen molar-refractivity contribution in [2.24, 2.45) is 5.92 Å². The highest BCUT2D eigenvalue weighted by Gasteiger charge is 2.19. The third kappa shape index (κ3) is 4.18. The Bertz CT molecular complexity index is 423. The number of hydrogen-bond acceptors (Lipinski definition) is 2. The second-order valence-corrected chi connectivity index (χ2v) is 6.53. The van der Waals surface area contributed by atoms with E-state index in [1.165, 1.54) is 12.5 Å². The molecule has 19 heavy (non-hydrogen) atoms. The van der Waals surface area contributed by atoms with Gasteiger partial charge in [0.15, 0.2) is 0 Å². The largest absolute Gasteiger partial charge is 0.370 e. The molecule has 0 aliphatic carbocycles. The van der Waals surface area contributed by atoms with Gasteiger partial charge >= 0.3 is 0 Å². The van der Waals surface area contributed by atoms with Crippen LogP contribution in [0.4, 0.5) is 10.1 Å². The van der Waals surface area contributed by atoms with E-state index in [2.05, 4.69) is 40.0 Å². The third-order valence-electron chi connectivity index (χ3n) is 3.50. The Morgan fingerprint density at radius 1 is 1.47 bits per heavy atom. The van der Waals surface area contributed by atoms with Crippen molar-refractivity contribution in [3.63, 3.8) is 0 Å². The summed E-state index contributed by atoms with van der Waals surface area (Å²) in [6, 6.07) is 5.81. The van der Waals surface area contributed by atoms with Crippen molar-refractivity contribution in [2.75, 3.05) is 24.5 Å². The average Bonchev–Trinajstić information content (AvgIpc) is 2.57. The molecule has 0 radical (unpaired) electrons. The molecule has 2 rings (SSSR count). The van der Waals surface area contributed by atoms with Gasteiger partial charge in [-0.05, 0) is 59.4 Å². The van der Waals surface area contributed by atoms with E-state index in [9.17, 15) is 4.39 Å². The molecular weight excluding hydrogens is 307 g/mol. The van der Waals surface area contributed by atoms with Crippen molar-refractivity contribution in [3.8, 4) is 0 Å². The first kappa shape index (κ1) is 14.8. The van der Waals surface area contributed by atoms with Crippen molar-refractivity contribution < 1.29 is 4.39 Å². The van der Waals surface area contributed by atoms with Crippen LogP contribution in [-0.4, -0.2) is 25.7 Å². The Labute approximate surface area is 123 Å². The first-order valence-corrected chi connectivity index (χ1v) is 7.79. The topological polar surface area (TPSA) is 15.3 Å². The maximum absolute atomic E-state index is 13.3. The summed E-state index contributed by atoms with van der Waals surface area (Å²) >= 11 is 3.27. The molecule has 0 amide bonds. The summed E-state index contributed by atoms with van der Waals surface area (Å²) in [6.07, 6.45) is 2.31. The Balaban J connectivity index is 2.10. The van der Waals surface area contributed by atoms with E-state index >= 15 is 0 Å². The molecule has 1 saturated heterocycles. The summed E-state index contributed by atoms with van der Waals surface area (Å²) in [4.78, 5) is 2.36. The van der Waals surface area contributed by atoms with Gasteiger partial charge in [-0.2, -0.15) is 0 Å². The molecular formula is C15H22BrFN2. The molecule has 1 aromatic rings. The summed E-state index contributed by atoms with van der Waals surface area (Å²) in [5, 5.41) is 3.61. The number of nitrogens with zero attached hydrogens (tertiary/aromatic N) is 1. The molecule has 1 aromatic carbocycles. The number of benzene rings is 1. The predicted octanol–water partition coefficient (Wildman–Crippen LogP) is 3.80. The smallest absolute Gasteiger partial charge is 0.137 e. The maximum Gasteiger partial charge on any atom is 0.137 e. The van der Waals surface area contributed by atoms with E-state index in [1.807, 2.05) is 12.1 Å². The number of halogens is 2. The third-order valence-corrected chi connectivity index (χ3v) is 4.11. The quantitative estimate of drug-likeness (QED) is 0.907. The lowest BCUT2D eigenvalue weighted by atomic mass is 10.0. The van der Waals surface area contributed by atoms with Gasteiger partial charge in [0, 0.05) is 24.8 Å². The van der Waals surface area contributed by atoms with E-state index in [-0.39, 0.29) is 5.82 Å². The Morgan fingerprint density at radius 3 is 2.95 bits per heavy atom. The molecule has 0 aromatic heterocycles. The van der Waals surface area contributed by atoms with Gasteiger partial charge in [0.25, 0.3) is 0 Å². The van der Waals surface area contributed by atoms with E-state index in [0.29, 0.717) is 16.4 Å². The maximum atomic E-state index is 13.3. The van der Waals surface area contributed by atoms with Gasteiger partial charge in [0.2, 0.25) is 0 Å². The van der Waals surface area contributed by atoms with Crippen molar-refractivity contribution in [1.29, 1.82) is 0 Å². The molecule has 1 heterocycles. The highest BCUT2D eigenvalue weighted by atomic mass is 79.9. The van der Waals surface area contributed by atoms with Crippen molar-refractivity contribution >= 4 is 21.6 Å². The first-order valence-electron chi connectivity index (χ1n) is 6.99. The highest BCUT2D eigenvalue weighted by molar-refractivity contribution is 9.10. The molecule has 1 fully saturated rings. The SMILES string of the molecule is CC(C)CC1CN(c2ccc(F)c(Br)c2)CCCN1. The van der Waals surface area contributed by atoms with Gasteiger partial charge < -0.3 is 10.2 Å². The zero-order valence-electron chi connectivity index (χ0n) is 11.6. The summed E-state index contributed by atoms with van der Waals surface area (Å²) in [5.74, 6) is 0.493. The van der Waals surface area contributed by atoms with Crippen LogP contribution in [0.3, 0.4) is 0 Å². The van der Waals surface area contributed by atoms with Crippen molar-refractivity contribution in [1.82, 2.24) is 5.32 Å². The average molecular weight is 329 g/mol. The molecule has 4 heteroatoms. The molecule has 1 atom stereocenters. The highest BCUT2D eigenvalue weighted by Crippen LogP contribution is 2.24. The Kier molecular flexibility index (Phi) is 5.22. The minimum atomic E-state index is -0.199. The van der Waals surface area contributed by atoms with Gasteiger partial charge in [-0.15, -0.1) is 0 Å². The lowest BCUT2D eigenvalue weighted by Gasteiger charge is -2.27. The van der Waals surface area contributed by atoms with Gasteiger partial charge in [0.1, 0.15) is 5.82 Å². The number of nitrogens with one attached hydrogen (secondary N) is 1. The van der Waals surface area contributed by atoms with Gasteiger partial charge in [-0.3, -0.25) is 0 Å². The second-order valence-electron chi connectivity index (χ2n) is 5.68. The molecule has 1 aliphatic heterocycles. The van der Waals surface area contributed by atoms with Gasteiger partial charge in [0.05, 0.1) is 4.47 Å². The molecule has 106 valence electrons. The van der Waals surface area contributed by atoms with Crippen LogP contribution in [0.5, 0.6) is 0 Å². The molecule has 0 spiro atoms. The molecule has 0 bridgehead atoms. The summed E-state index contributed by atoms with van der Waals surface area (Å²) in [5.41, 5.74) is 1.10. The number of rotatable bonds is 3. The number of hydrogen-bond donors (Lipinski definition) is 1. The van der Waals surface area contributed by atoms with E-state index < -0.39 is 0 Å².